The second-order valence-electron chi connectivity index (χ2n) is 3.98. The maximum absolute atomic E-state index is 11.2. The molecule has 1 rings (SSSR count). The minimum absolute atomic E-state index is 0.0138. The van der Waals surface area contributed by atoms with E-state index in [1.54, 1.807) is 19.1 Å². The van der Waals surface area contributed by atoms with Gasteiger partial charge in [0.2, 0.25) is 0 Å². The van der Waals surface area contributed by atoms with Gasteiger partial charge in [-0.15, -0.1) is 0 Å². The van der Waals surface area contributed by atoms with E-state index in [9.17, 15) is 10.1 Å². The van der Waals surface area contributed by atoms with E-state index >= 15 is 0 Å². The van der Waals surface area contributed by atoms with E-state index < -0.39 is 5.41 Å². The SMILES string of the molecule is CC(=O)CC(C)(C#N)c1cc(Cl)cc(Br)c1. The van der Waals surface area contributed by atoms with Crippen LogP contribution in [0.15, 0.2) is 22.7 Å². The average Bonchev–Trinajstić information content (AvgIpc) is 2.15. The number of ketones is 1. The molecule has 0 aliphatic heterocycles. The summed E-state index contributed by atoms with van der Waals surface area (Å²) in [5.74, 6) is -0.0138. The third-order valence-electron chi connectivity index (χ3n) is 2.35. The van der Waals surface area contributed by atoms with Crippen molar-refractivity contribution in [2.24, 2.45) is 0 Å². The third-order valence-corrected chi connectivity index (χ3v) is 3.03. The van der Waals surface area contributed by atoms with E-state index in [1.165, 1.54) is 6.92 Å². The van der Waals surface area contributed by atoms with Crippen molar-refractivity contribution < 1.29 is 4.79 Å². The number of nitriles is 1. The van der Waals surface area contributed by atoms with Crippen LogP contribution in [0.2, 0.25) is 5.02 Å². The number of halogens is 2. The highest BCUT2D eigenvalue weighted by atomic mass is 79.9. The average molecular weight is 301 g/mol. The minimum Gasteiger partial charge on any atom is -0.300 e. The van der Waals surface area contributed by atoms with Crippen molar-refractivity contribution in [2.45, 2.75) is 25.7 Å². The fourth-order valence-corrected chi connectivity index (χ4v) is 2.44. The number of Topliss-reactive ketones (excluding diaryl/α,β-unsaturated/α-hetero) is 1. The van der Waals surface area contributed by atoms with Crippen LogP contribution in [0.25, 0.3) is 0 Å². The summed E-state index contributed by atoms with van der Waals surface area (Å²) in [7, 11) is 0. The van der Waals surface area contributed by atoms with E-state index in [4.69, 9.17) is 11.6 Å². The molecule has 1 unspecified atom stereocenters. The summed E-state index contributed by atoms with van der Waals surface area (Å²) in [6.07, 6.45) is 0.191. The van der Waals surface area contributed by atoms with Gasteiger partial charge in [-0.2, -0.15) is 5.26 Å². The molecule has 0 heterocycles. The number of carbonyl (C=O) groups excluding carboxylic acids is 1. The van der Waals surface area contributed by atoms with E-state index in [0.29, 0.717) is 5.02 Å². The summed E-state index contributed by atoms with van der Waals surface area (Å²) in [6.45, 7) is 3.22. The molecular formula is C12H11BrClNO. The third kappa shape index (κ3) is 3.07. The lowest BCUT2D eigenvalue weighted by molar-refractivity contribution is -0.117. The Morgan fingerprint density at radius 1 is 1.56 bits per heavy atom. The molecule has 0 saturated heterocycles. The van der Waals surface area contributed by atoms with Gasteiger partial charge in [0, 0.05) is 15.9 Å². The normalized spacial score (nSPS) is 13.9. The molecule has 1 aromatic rings. The Hall–Kier alpha value is -0.850. The molecule has 0 saturated carbocycles. The number of benzene rings is 1. The molecule has 1 aromatic carbocycles. The lowest BCUT2D eigenvalue weighted by Crippen LogP contribution is -2.22. The van der Waals surface area contributed by atoms with Gasteiger partial charge in [-0.1, -0.05) is 27.5 Å². The Morgan fingerprint density at radius 2 is 2.19 bits per heavy atom. The smallest absolute Gasteiger partial charge is 0.131 e. The van der Waals surface area contributed by atoms with E-state index in [1.807, 2.05) is 6.07 Å². The second kappa shape index (κ2) is 4.99. The lowest BCUT2D eigenvalue weighted by Gasteiger charge is -2.21. The highest BCUT2D eigenvalue weighted by Gasteiger charge is 2.28. The molecule has 0 radical (unpaired) electrons. The summed E-state index contributed by atoms with van der Waals surface area (Å²) < 4.78 is 0.806. The summed E-state index contributed by atoms with van der Waals surface area (Å²) in [5.41, 5.74) is -0.0659. The van der Waals surface area contributed by atoms with Gasteiger partial charge < -0.3 is 0 Å². The van der Waals surface area contributed by atoms with Crippen molar-refractivity contribution in [1.82, 2.24) is 0 Å². The summed E-state index contributed by atoms with van der Waals surface area (Å²) in [6, 6.07) is 7.47. The molecule has 4 heteroatoms. The van der Waals surface area contributed by atoms with Gasteiger partial charge in [-0.05, 0) is 37.6 Å². The molecule has 0 spiro atoms. The molecule has 0 bridgehead atoms. The number of hydrogen-bond donors (Lipinski definition) is 0. The molecule has 84 valence electrons. The predicted octanol–water partition coefficient (Wildman–Crippen LogP) is 3.86. The topological polar surface area (TPSA) is 40.9 Å². The Kier molecular flexibility index (Phi) is 4.12. The van der Waals surface area contributed by atoms with Gasteiger partial charge in [-0.25, -0.2) is 0 Å². The Morgan fingerprint density at radius 3 is 2.62 bits per heavy atom. The first-order chi connectivity index (χ1) is 7.37. The molecule has 0 aromatic heterocycles. The first-order valence-electron chi connectivity index (χ1n) is 4.74. The van der Waals surface area contributed by atoms with Crippen LogP contribution in [-0.4, -0.2) is 5.78 Å². The summed E-state index contributed by atoms with van der Waals surface area (Å²) in [4.78, 5) is 11.2. The Bertz CT molecular complexity index is 446. The van der Waals surface area contributed by atoms with Crippen molar-refractivity contribution >= 4 is 33.3 Å². The van der Waals surface area contributed by atoms with Crippen LogP contribution in [0, 0.1) is 11.3 Å². The number of hydrogen-bond acceptors (Lipinski definition) is 2. The van der Waals surface area contributed by atoms with E-state index in [2.05, 4.69) is 22.0 Å². The predicted molar refractivity (Wildman–Crippen MR) is 67.4 cm³/mol. The van der Waals surface area contributed by atoms with Crippen LogP contribution in [0.4, 0.5) is 0 Å². The van der Waals surface area contributed by atoms with Crippen LogP contribution in [0.3, 0.4) is 0 Å². The zero-order valence-electron chi connectivity index (χ0n) is 9.05. The molecule has 2 nitrogen and oxygen atoms in total. The van der Waals surface area contributed by atoms with Crippen LogP contribution in [0.1, 0.15) is 25.8 Å². The van der Waals surface area contributed by atoms with E-state index in [-0.39, 0.29) is 12.2 Å². The Labute approximate surface area is 108 Å². The standard InChI is InChI=1S/C12H11BrClNO/c1-8(16)6-12(2,7-15)9-3-10(13)5-11(14)4-9/h3-5H,6H2,1-2H3. The largest absolute Gasteiger partial charge is 0.300 e. The maximum Gasteiger partial charge on any atom is 0.131 e. The van der Waals surface area contributed by atoms with Gasteiger partial charge >= 0.3 is 0 Å². The van der Waals surface area contributed by atoms with Crippen LogP contribution < -0.4 is 0 Å². The van der Waals surface area contributed by atoms with E-state index in [0.717, 1.165) is 10.0 Å². The van der Waals surface area contributed by atoms with Crippen LogP contribution >= 0.6 is 27.5 Å². The molecule has 16 heavy (non-hydrogen) atoms. The highest BCUT2D eigenvalue weighted by Crippen LogP contribution is 2.31. The van der Waals surface area contributed by atoms with Crippen molar-refractivity contribution in [1.29, 1.82) is 5.26 Å². The number of carbonyl (C=O) groups is 1. The van der Waals surface area contributed by atoms with Crippen LogP contribution in [0.5, 0.6) is 0 Å². The molecule has 1 atom stereocenters. The van der Waals surface area contributed by atoms with Gasteiger partial charge in [0.1, 0.15) is 5.78 Å². The van der Waals surface area contributed by atoms with Gasteiger partial charge in [0.25, 0.3) is 0 Å². The van der Waals surface area contributed by atoms with Crippen molar-refractivity contribution in [3.8, 4) is 6.07 Å². The Balaban J connectivity index is 3.23. The van der Waals surface area contributed by atoms with Crippen molar-refractivity contribution in [2.75, 3.05) is 0 Å². The molecule has 0 N–H and O–H groups in total. The van der Waals surface area contributed by atoms with Gasteiger partial charge in [-0.3, -0.25) is 4.79 Å². The number of nitrogens with zero attached hydrogens (tertiary/aromatic N) is 1. The quantitative estimate of drug-likeness (QED) is 0.850. The molecule has 0 aliphatic rings. The lowest BCUT2D eigenvalue weighted by atomic mass is 9.80. The zero-order valence-corrected chi connectivity index (χ0v) is 11.4. The van der Waals surface area contributed by atoms with Gasteiger partial charge in [0.05, 0.1) is 11.5 Å². The first-order valence-corrected chi connectivity index (χ1v) is 5.92. The minimum atomic E-state index is -0.820. The second-order valence-corrected chi connectivity index (χ2v) is 5.33. The molecule has 0 aliphatic carbocycles. The van der Waals surface area contributed by atoms with Crippen molar-refractivity contribution in [3.63, 3.8) is 0 Å². The fourth-order valence-electron chi connectivity index (χ4n) is 1.58. The first kappa shape index (κ1) is 13.2. The van der Waals surface area contributed by atoms with Crippen molar-refractivity contribution in [3.05, 3.63) is 33.3 Å². The van der Waals surface area contributed by atoms with Gasteiger partial charge in [0.15, 0.2) is 0 Å². The summed E-state index contributed by atoms with van der Waals surface area (Å²) >= 11 is 9.25. The summed E-state index contributed by atoms with van der Waals surface area (Å²) in [5, 5.41) is 9.76. The maximum atomic E-state index is 11.2. The number of rotatable bonds is 3. The van der Waals surface area contributed by atoms with Crippen LogP contribution in [-0.2, 0) is 10.2 Å². The molecule has 0 amide bonds. The zero-order chi connectivity index (χ0) is 12.3. The molecule has 0 fully saturated rings. The molecular weight excluding hydrogens is 289 g/mol. The highest BCUT2D eigenvalue weighted by molar-refractivity contribution is 9.10. The fraction of sp³-hybridized carbons (Fsp3) is 0.333. The monoisotopic (exact) mass is 299 g/mol.